The lowest BCUT2D eigenvalue weighted by Crippen LogP contribution is -2.47. The molecule has 1 amide bonds. The summed E-state index contributed by atoms with van der Waals surface area (Å²) >= 11 is 0. The van der Waals surface area contributed by atoms with Gasteiger partial charge in [0, 0.05) is 38.8 Å². The molecule has 0 bridgehead atoms. The molecule has 0 spiro atoms. The van der Waals surface area contributed by atoms with E-state index in [-0.39, 0.29) is 12.1 Å². The van der Waals surface area contributed by atoms with Crippen LogP contribution in [0.1, 0.15) is 44.0 Å². The number of nitrogens with one attached hydrogen (secondary N) is 1. The summed E-state index contributed by atoms with van der Waals surface area (Å²) in [6, 6.07) is 5.90. The van der Waals surface area contributed by atoms with Gasteiger partial charge in [0.25, 0.3) is 0 Å². The smallest absolute Gasteiger partial charge is 0.410 e. The van der Waals surface area contributed by atoms with E-state index in [0.29, 0.717) is 5.56 Å². The van der Waals surface area contributed by atoms with Gasteiger partial charge in [0.2, 0.25) is 0 Å². The van der Waals surface area contributed by atoms with Gasteiger partial charge in [0.1, 0.15) is 5.60 Å². The highest BCUT2D eigenvalue weighted by Gasteiger charge is 2.29. The molecule has 1 saturated heterocycles. The predicted octanol–water partition coefficient (Wildman–Crippen LogP) is 3.38. The Labute approximate surface area is 150 Å². The zero-order chi connectivity index (χ0) is 18.6. The minimum Gasteiger partial charge on any atom is -0.444 e. The van der Waals surface area contributed by atoms with Crippen LogP contribution in [0.2, 0.25) is 0 Å². The number of ether oxygens (including phenoxy) is 1. The van der Waals surface area contributed by atoms with Gasteiger partial charge in [-0.25, -0.2) is 4.79 Å². The summed E-state index contributed by atoms with van der Waals surface area (Å²) < 4.78 is 5.46. The van der Waals surface area contributed by atoms with E-state index < -0.39 is 5.60 Å². The van der Waals surface area contributed by atoms with Crippen molar-refractivity contribution in [3.63, 3.8) is 0 Å². The first-order valence-corrected chi connectivity index (χ1v) is 8.73. The topological polar surface area (TPSA) is 61.9 Å². The summed E-state index contributed by atoms with van der Waals surface area (Å²) in [6.45, 7) is 7.28. The lowest BCUT2D eigenvalue weighted by atomic mass is 10.0. The van der Waals surface area contributed by atoms with Crippen LogP contribution in [0, 0.1) is 0 Å². The summed E-state index contributed by atoms with van der Waals surface area (Å²) in [6.07, 6.45) is 2.33. The van der Waals surface area contributed by atoms with Gasteiger partial charge in [-0.3, -0.25) is 4.79 Å². The first kappa shape index (κ1) is 19.1. The maximum atomic E-state index is 12.2. The quantitative estimate of drug-likeness (QED) is 0.846. The van der Waals surface area contributed by atoms with Crippen LogP contribution in [-0.4, -0.2) is 56.1 Å². The average molecular weight is 347 g/mol. The van der Waals surface area contributed by atoms with Crippen LogP contribution in [0.25, 0.3) is 0 Å². The number of anilines is 2. The van der Waals surface area contributed by atoms with E-state index >= 15 is 0 Å². The molecule has 2 rings (SSSR count). The number of para-hydroxylation sites is 1. The highest BCUT2D eigenvalue weighted by molar-refractivity contribution is 5.90. The summed E-state index contributed by atoms with van der Waals surface area (Å²) in [5.41, 5.74) is 2.07. The Morgan fingerprint density at radius 2 is 1.96 bits per heavy atom. The van der Waals surface area contributed by atoms with Crippen molar-refractivity contribution in [3.8, 4) is 0 Å². The van der Waals surface area contributed by atoms with Crippen LogP contribution in [0.15, 0.2) is 18.2 Å². The van der Waals surface area contributed by atoms with Gasteiger partial charge >= 0.3 is 6.09 Å². The zero-order valence-corrected chi connectivity index (χ0v) is 15.8. The molecule has 0 saturated carbocycles. The standard InChI is InChI=1S/C19H29N3O3/c1-19(2,3)25-18(24)21(5)15-9-11-22(12-10-15)16-8-6-7-14(13-23)17(16)20-4/h6-8,13,15,20H,9-12H2,1-5H3. The second kappa shape index (κ2) is 7.76. The Kier molecular flexibility index (Phi) is 5.93. The third kappa shape index (κ3) is 4.65. The van der Waals surface area contributed by atoms with Crippen molar-refractivity contribution in [2.45, 2.75) is 45.3 Å². The lowest BCUT2D eigenvalue weighted by Gasteiger charge is -2.38. The molecule has 0 radical (unpaired) electrons. The summed E-state index contributed by atoms with van der Waals surface area (Å²) in [5.74, 6) is 0. The molecule has 0 atom stereocenters. The number of aldehydes is 1. The van der Waals surface area contributed by atoms with Crippen molar-refractivity contribution in [2.24, 2.45) is 0 Å². The molecule has 1 aromatic rings. The number of nitrogens with zero attached hydrogens (tertiary/aromatic N) is 2. The summed E-state index contributed by atoms with van der Waals surface area (Å²) in [7, 11) is 3.63. The van der Waals surface area contributed by atoms with Crippen LogP contribution in [0.3, 0.4) is 0 Å². The SMILES string of the molecule is CNc1c(C=O)cccc1N1CCC(N(C)C(=O)OC(C)(C)C)CC1. The van der Waals surface area contributed by atoms with E-state index in [2.05, 4.69) is 10.2 Å². The predicted molar refractivity (Wildman–Crippen MR) is 101 cm³/mol. The van der Waals surface area contributed by atoms with Crippen LogP contribution < -0.4 is 10.2 Å². The first-order valence-electron chi connectivity index (χ1n) is 8.73. The number of carbonyl (C=O) groups is 2. The molecule has 1 aromatic carbocycles. The highest BCUT2D eigenvalue weighted by atomic mass is 16.6. The van der Waals surface area contributed by atoms with Gasteiger partial charge in [0.05, 0.1) is 11.4 Å². The van der Waals surface area contributed by atoms with Gasteiger partial charge in [0.15, 0.2) is 6.29 Å². The zero-order valence-electron chi connectivity index (χ0n) is 15.8. The minimum atomic E-state index is -0.483. The van der Waals surface area contributed by atoms with Crippen molar-refractivity contribution in [2.75, 3.05) is 37.4 Å². The van der Waals surface area contributed by atoms with Crippen molar-refractivity contribution < 1.29 is 14.3 Å². The largest absolute Gasteiger partial charge is 0.444 e. The van der Waals surface area contributed by atoms with Crippen molar-refractivity contribution in [1.29, 1.82) is 0 Å². The molecule has 0 aliphatic carbocycles. The molecule has 1 N–H and O–H groups in total. The average Bonchev–Trinajstić information content (AvgIpc) is 2.58. The third-order valence-corrected chi connectivity index (χ3v) is 4.49. The maximum Gasteiger partial charge on any atom is 0.410 e. The molecule has 1 fully saturated rings. The molecule has 6 heteroatoms. The number of hydrogen-bond donors (Lipinski definition) is 1. The lowest BCUT2D eigenvalue weighted by molar-refractivity contribution is 0.0201. The number of piperidine rings is 1. The first-order chi connectivity index (χ1) is 11.8. The molecule has 1 aliphatic heterocycles. The fraction of sp³-hybridized carbons (Fsp3) is 0.579. The molecule has 1 aliphatic rings. The molecular formula is C19H29N3O3. The Bertz CT molecular complexity index is 617. The summed E-state index contributed by atoms with van der Waals surface area (Å²) in [5, 5.41) is 3.13. The van der Waals surface area contributed by atoms with E-state index in [1.807, 2.05) is 46.0 Å². The fourth-order valence-corrected chi connectivity index (χ4v) is 3.17. The van der Waals surface area contributed by atoms with E-state index in [1.165, 1.54) is 0 Å². The Morgan fingerprint density at radius 3 is 2.48 bits per heavy atom. The monoisotopic (exact) mass is 347 g/mol. The molecule has 25 heavy (non-hydrogen) atoms. The molecular weight excluding hydrogens is 318 g/mol. The highest BCUT2D eigenvalue weighted by Crippen LogP contribution is 2.31. The van der Waals surface area contributed by atoms with Crippen molar-refractivity contribution in [3.05, 3.63) is 23.8 Å². The number of carbonyl (C=O) groups excluding carboxylic acids is 2. The van der Waals surface area contributed by atoms with E-state index in [1.54, 1.807) is 11.9 Å². The molecule has 6 nitrogen and oxygen atoms in total. The van der Waals surface area contributed by atoms with E-state index in [9.17, 15) is 9.59 Å². The third-order valence-electron chi connectivity index (χ3n) is 4.49. The van der Waals surface area contributed by atoms with Crippen molar-refractivity contribution >= 4 is 23.8 Å². The Balaban J connectivity index is 2.03. The van der Waals surface area contributed by atoms with Gasteiger partial charge < -0.3 is 19.9 Å². The van der Waals surface area contributed by atoms with Crippen LogP contribution in [-0.2, 0) is 4.74 Å². The Morgan fingerprint density at radius 1 is 1.32 bits per heavy atom. The van der Waals surface area contributed by atoms with Crippen LogP contribution >= 0.6 is 0 Å². The number of benzene rings is 1. The molecule has 0 aromatic heterocycles. The molecule has 138 valence electrons. The Hall–Kier alpha value is -2.24. The number of rotatable bonds is 4. The van der Waals surface area contributed by atoms with Crippen LogP contribution in [0.4, 0.5) is 16.2 Å². The van der Waals surface area contributed by atoms with Crippen LogP contribution in [0.5, 0.6) is 0 Å². The van der Waals surface area contributed by atoms with Gasteiger partial charge in [-0.15, -0.1) is 0 Å². The van der Waals surface area contributed by atoms with E-state index in [4.69, 9.17) is 4.74 Å². The van der Waals surface area contributed by atoms with E-state index in [0.717, 1.165) is 43.6 Å². The normalized spacial score (nSPS) is 15.6. The number of amides is 1. The van der Waals surface area contributed by atoms with Gasteiger partial charge in [-0.05, 0) is 45.7 Å². The molecule has 1 heterocycles. The number of hydrogen-bond acceptors (Lipinski definition) is 5. The van der Waals surface area contributed by atoms with Gasteiger partial charge in [-0.1, -0.05) is 6.07 Å². The van der Waals surface area contributed by atoms with Gasteiger partial charge in [-0.2, -0.15) is 0 Å². The fourth-order valence-electron chi connectivity index (χ4n) is 3.17. The van der Waals surface area contributed by atoms with Crippen molar-refractivity contribution in [1.82, 2.24) is 4.90 Å². The molecule has 0 unspecified atom stereocenters. The maximum absolute atomic E-state index is 12.2. The second-order valence-electron chi connectivity index (χ2n) is 7.42. The minimum absolute atomic E-state index is 0.165. The second-order valence-corrected chi connectivity index (χ2v) is 7.42. The summed E-state index contributed by atoms with van der Waals surface area (Å²) in [4.78, 5) is 27.4.